The number of thiazole rings is 1. The molecule has 0 aliphatic rings. The zero-order valence-electron chi connectivity index (χ0n) is 17.0. The summed E-state index contributed by atoms with van der Waals surface area (Å²) in [6.45, 7) is 5.74. The Bertz CT molecular complexity index is 1380. The molecule has 0 radical (unpaired) electrons. The fourth-order valence-corrected chi connectivity index (χ4v) is 4.67. The monoisotopic (exact) mass is 472 g/mol. The van der Waals surface area contributed by atoms with E-state index in [1.54, 1.807) is 17.0 Å². The molecule has 2 heterocycles. The fraction of sp³-hybridized carbons (Fsp3) is 0.182. The van der Waals surface area contributed by atoms with E-state index in [9.17, 15) is 9.59 Å². The second-order valence-electron chi connectivity index (χ2n) is 7.21. The first kappa shape index (κ1) is 21.5. The smallest absolute Gasteiger partial charge is 0.261 e. The molecule has 4 rings (SSSR count). The van der Waals surface area contributed by atoms with E-state index in [0.29, 0.717) is 31.8 Å². The van der Waals surface area contributed by atoms with Crippen molar-refractivity contribution in [3.63, 3.8) is 0 Å². The lowest BCUT2D eigenvalue weighted by atomic mass is 10.1. The highest BCUT2D eigenvalue weighted by Crippen LogP contribution is 2.30. The van der Waals surface area contributed by atoms with E-state index in [4.69, 9.17) is 23.2 Å². The number of aryl methyl sites for hydroxylation is 2. The maximum Gasteiger partial charge on any atom is 0.261 e. The Kier molecular flexibility index (Phi) is 5.83. The summed E-state index contributed by atoms with van der Waals surface area (Å²) in [5.74, 6) is -0.141. The Morgan fingerprint density at radius 3 is 2.65 bits per heavy atom. The van der Waals surface area contributed by atoms with Crippen LogP contribution in [0.2, 0.25) is 10.0 Å². The van der Waals surface area contributed by atoms with Crippen LogP contribution in [0.15, 0.2) is 46.8 Å². The van der Waals surface area contributed by atoms with Gasteiger partial charge in [0.15, 0.2) is 5.13 Å². The normalized spacial score (nSPS) is 11.1. The van der Waals surface area contributed by atoms with E-state index >= 15 is 0 Å². The summed E-state index contributed by atoms with van der Waals surface area (Å²) in [6, 6.07) is 8.95. The number of amides is 1. The van der Waals surface area contributed by atoms with Crippen molar-refractivity contribution in [1.29, 1.82) is 0 Å². The highest BCUT2D eigenvalue weighted by atomic mass is 35.5. The number of rotatable bonds is 4. The van der Waals surface area contributed by atoms with Crippen LogP contribution in [0.5, 0.6) is 0 Å². The Morgan fingerprint density at radius 2 is 1.94 bits per heavy atom. The third kappa shape index (κ3) is 4.21. The van der Waals surface area contributed by atoms with Crippen LogP contribution in [0.1, 0.15) is 23.7 Å². The maximum absolute atomic E-state index is 12.9. The lowest BCUT2D eigenvalue weighted by Gasteiger charge is -2.19. The predicted molar refractivity (Wildman–Crippen MR) is 126 cm³/mol. The first-order chi connectivity index (χ1) is 14.7. The van der Waals surface area contributed by atoms with Gasteiger partial charge in [-0.05, 0) is 49.2 Å². The van der Waals surface area contributed by atoms with Gasteiger partial charge in [0.25, 0.3) is 5.56 Å². The van der Waals surface area contributed by atoms with Crippen LogP contribution in [-0.2, 0) is 11.3 Å². The molecule has 2 aromatic heterocycles. The molecule has 31 heavy (non-hydrogen) atoms. The van der Waals surface area contributed by atoms with Gasteiger partial charge in [0.05, 0.1) is 40.2 Å². The number of carbonyl (C=O) groups is 1. The lowest BCUT2D eigenvalue weighted by molar-refractivity contribution is -0.115. The number of nitrogens with zero attached hydrogens (tertiary/aromatic N) is 4. The van der Waals surface area contributed by atoms with Crippen molar-refractivity contribution in [2.24, 2.45) is 0 Å². The minimum absolute atomic E-state index is 0.141. The molecule has 0 atom stereocenters. The molecule has 0 aliphatic heterocycles. The summed E-state index contributed by atoms with van der Waals surface area (Å²) in [5.41, 5.74) is 3.78. The number of halogens is 2. The Labute approximate surface area is 192 Å². The number of benzene rings is 2. The average Bonchev–Trinajstić information content (AvgIpc) is 3.15. The van der Waals surface area contributed by atoms with Gasteiger partial charge >= 0.3 is 0 Å². The molecular formula is C22H18Cl2N4O2S. The molecule has 0 saturated heterocycles. The summed E-state index contributed by atoms with van der Waals surface area (Å²) >= 11 is 13.5. The second-order valence-corrected chi connectivity index (χ2v) is 8.89. The number of hydrogen-bond acceptors (Lipinski definition) is 5. The minimum Gasteiger partial charge on any atom is -0.293 e. The van der Waals surface area contributed by atoms with Gasteiger partial charge in [-0.2, -0.15) is 0 Å². The molecule has 0 spiro atoms. The van der Waals surface area contributed by atoms with E-state index < -0.39 is 0 Å². The van der Waals surface area contributed by atoms with Gasteiger partial charge in [0.1, 0.15) is 0 Å². The van der Waals surface area contributed by atoms with Gasteiger partial charge in [0, 0.05) is 17.3 Å². The Morgan fingerprint density at radius 1 is 1.16 bits per heavy atom. The van der Waals surface area contributed by atoms with E-state index in [1.165, 1.54) is 29.2 Å². The van der Waals surface area contributed by atoms with Gasteiger partial charge < -0.3 is 0 Å². The first-order valence-corrected chi connectivity index (χ1v) is 11.0. The van der Waals surface area contributed by atoms with Crippen LogP contribution in [0.4, 0.5) is 10.8 Å². The number of fused-ring (bicyclic) bond motifs is 1. The van der Waals surface area contributed by atoms with E-state index in [-0.39, 0.29) is 18.0 Å². The SMILES string of the molecule is CC(=O)N(c1ccc(C)c(C)c1)c1nc(Cn2cnc3c(Cl)cc(Cl)cc3c2=O)cs1. The summed E-state index contributed by atoms with van der Waals surface area (Å²) in [4.78, 5) is 35.7. The molecule has 2 aromatic carbocycles. The van der Waals surface area contributed by atoms with Gasteiger partial charge in [-0.3, -0.25) is 19.1 Å². The number of hydrogen-bond donors (Lipinski definition) is 0. The second kappa shape index (κ2) is 8.42. The van der Waals surface area contributed by atoms with Crippen LogP contribution < -0.4 is 10.5 Å². The van der Waals surface area contributed by atoms with Gasteiger partial charge in [-0.15, -0.1) is 11.3 Å². The average molecular weight is 473 g/mol. The van der Waals surface area contributed by atoms with E-state index in [2.05, 4.69) is 9.97 Å². The molecule has 1 amide bonds. The van der Waals surface area contributed by atoms with Crippen LogP contribution in [0.3, 0.4) is 0 Å². The molecular weight excluding hydrogens is 455 g/mol. The molecule has 0 N–H and O–H groups in total. The maximum atomic E-state index is 12.9. The Balaban J connectivity index is 1.68. The van der Waals surface area contributed by atoms with Crippen LogP contribution >= 0.6 is 34.5 Å². The van der Waals surface area contributed by atoms with Crippen LogP contribution in [0.25, 0.3) is 10.9 Å². The molecule has 0 bridgehead atoms. The predicted octanol–water partition coefficient (Wildman–Crippen LogP) is 5.51. The molecule has 0 fully saturated rings. The van der Waals surface area contributed by atoms with Crippen molar-refractivity contribution in [1.82, 2.24) is 14.5 Å². The van der Waals surface area contributed by atoms with E-state index in [1.807, 2.05) is 37.4 Å². The molecule has 9 heteroatoms. The largest absolute Gasteiger partial charge is 0.293 e. The molecule has 158 valence electrons. The van der Waals surface area contributed by atoms with Crippen molar-refractivity contribution >= 4 is 62.2 Å². The number of carbonyl (C=O) groups excluding carboxylic acids is 1. The third-order valence-corrected chi connectivity index (χ3v) is 6.35. The third-order valence-electron chi connectivity index (χ3n) is 4.97. The highest BCUT2D eigenvalue weighted by Gasteiger charge is 2.19. The van der Waals surface area contributed by atoms with Crippen molar-refractivity contribution in [3.05, 3.63) is 79.3 Å². The van der Waals surface area contributed by atoms with Gasteiger partial charge in [0.2, 0.25) is 5.91 Å². The molecule has 0 aliphatic carbocycles. The van der Waals surface area contributed by atoms with Crippen molar-refractivity contribution < 1.29 is 4.79 Å². The molecule has 0 saturated carbocycles. The lowest BCUT2D eigenvalue weighted by Crippen LogP contribution is -2.23. The number of aromatic nitrogens is 3. The van der Waals surface area contributed by atoms with Gasteiger partial charge in [-0.1, -0.05) is 29.3 Å². The summed E-state index contributed by atoms with van der Waals surface area (Å²) in [7, 11) is 0. The minimum atomic E-state index is -0.262. The van der Waals surface area contributed by atoms with Crippen LogP contribution in [-0.4, -0.2) is 20.4 Å². The summed E-state index contributed by atoms with van der Waals surface area (Å²) < 4.78 is 1.45. The topological polar surface area (TPSA) is 68.1 Å². The van der Waals surface area contributed by atoms with Crippen LogP contribution in [0, 0.1) is 13.8 Å². The highest BCUT2D eigenvalue weighted by molar-refractivity contribution is 7.14. The fourth-order valence-electron chi connectivity index (χ4n) is 3.25. The molecule has 4 aromatic rings. The zero-order chi connectivity index (χ0) is 22.3. The molecule has 6 nitrogen and oxygen atoms in total. The van der Waals surface area contributed by atoms with E-state index in [0.717, 1.165) is 16.8 Å². The van der Waals surface area contributed by atoms with Crippen molar-refractivity contribution in [2.75, 3.05) is 4.90 Å². The quantitative estimate of drug-likeness (QED) is 0.392. The van der Waals surface area contributed by atoms with Crippen molar-refractivity contribution in [3.8, 4) is 0 Å². The number of anilines is 2. The Hall–Kier alpha value is -2.74. The summed E-state index contributed by atoms with van der Waals surface area (Å²) in [6.07, 6.45) is 1.44. The van der Waals surface area contributed by atoms with Crippen molar-refractivity contribution in [2.45, 2.75) is 27.3 Å². The zero-order valence-corrected chi connectivity index (χ0v) is 19.3. The standard InChI is InChI=1S/C22H18Cl2N4O2S/c1-12-4-5-17(6-13(12)2)28(14(3)29)22-26-16(10-31-22)9-27-11-25-20-18(21(27)30)7-15(23)8-19(20)24/h4-8,10-11H,9H2,1-3H3. The first-order valence-electron chi connectivity index (χ1n) is 9.41. The molecule has 0 unspecified atom stereocenters. The van der Waals surface area contributed by atoms with Gasteiger partial charge in [-0.25, -0.2) is 9.97 Å². The summed E-state index contributed by atoms with van der Waals surface area (Å²) in [5, 5.41) is 3.41.